The SMILES string of the molecule is O=C(OCc1ccccc1)C1CC(F)(F)CN1. The van der Waals surface area contributed by atoms with Gasteiger partial charge in [-0.3, -0.25) is 10.1 Å². The maximum atomic E-state index is 12.8. The van der Waals surface area contributed by atoms with Gasteiger partial charge < -0.3 is 4.74 Å². The first-order chi connectivity index (χ1) is 8.07. The fourth-order valence-corrected chi connectivity index (χ4v) is 1.71. The number of alkyl halides is 2. The summed E-state index contributed by atoms with van der Waals surface area (Å²) >= 11 is 0. The quantitative estimate of drug-likeness (QED) is 0.819. The number of benzene rings is 1. The number of carbonyl (C=O) groups excluding carboxylic acids is 1. The molecular formula is C12H13F2NO2. The lowest BCUT2D eigenvalue weighted by Gasteiger charge is -2.10. The van der Waals surface area contributed by atoms with E-state index >= 15 is 0 Å². The van der Waals surface area contributed by atoms with Crippen molar-refractivity contribution in [2.75, 3.05) is 6.54 Å². The van der Waals surface area contributed by atoms with Gasteiger partial charge in [0.15, 0.2) is 0 Å². The van der Waals surface area contributed by atoms with Gasteiger partial charge in [-0.1, -0.05) is 30.3 Å². The highest BCUT2D eigenvalue weighted by molar-refractivity contribution is 5.76. The molecule has 1 saturated heterocycles. The Balaban J connectivity index is 1.83. The number of esters is 1. The molecule has 1 fully saturated rings. The van der Waals surface area contributed by atoms with E-state index in [4.69, 9.17) is 4.74 Å². The molecule has 92 valence electrons. The van der Waals surface area contributed by atoms with Gasteiger partial charge in [0.05, 0.1) is 6.54 Å². The maximum Gasteiger partial charge on any atom is 0.323 e. The van der Waals surface area contributed by atoms with Crippen LogP contribution in [0.1, 0.15) is 12.0 Å². The summed E-state index contributed by atoms with van der Waals surface area (Å²) in [7, 11) is 0. The molecule has 1 heterocycles. The zero-order valence-electron chi connectivity index (χ0n) is 9.16. The topological polar surface area (TPSA) is 38.3 Å². The highest BCUT2D eigenvalue weighted by atomic mass is 19.3. The van der Waals surface area contributed by atoms with E-state index in [-0.39, 0.29) is 6.61 Å². The maximum absolute atomic E-state index is 12.8. The average Bonchev–Trinajstić information content (AvgIpc) is 2.68. The standard InChI is InChI=1S/C12H13F2NO2/c13-12(14)6-10(15-8-12)11(16)17-7-9-4-2-1-3-5-9/h1-5,10,15H,6-8H2. The van der Waals surface area contributed by atoms with Gasteiger partial charge in [0, 0.05) is 6.42 Å². The number of ether oxygens (including phenoxy) is 1. The molecule has 0 radical (unpaired) electrons. The summed E-state index contributed by atoms with van der Waals surface area (Å²) in [6.45, 7) is -0.346. The van der Waals surface area contributed by atoms with Crippen LogP contribution in [0.4, 0.5) is 8.78 Å². The lowest BCUT2D eigenvalue weighted by atomic mass is 10.2. The lowest BCUT2D eigenvalue weighted by molar-refractivity contribution is -0.147. The first kappa shape index (κ1) is 12.0. The summed E-state index contributed by atoms with van der Waals surface area (Å²) in [5.74, 6) is -3.43. The van der Waals surface area contributed by atoms with Crippen LogP contribution >= 0.6 is 0 Å². The first-order valence-electron chi connectivity index (χ1n) is 5.39. The van der Waals surface area contributed by atoms with Crippen molar-refractivity contribution in [1.82, 2.24) is 5.32 Å². The smallest absolute Gasteiger partial charge is 0.323 e. The molecule has 2 rings (SSSR count). The normalized spacial score (nSPS) is 22.4. The Kier molecular flexibility index (Phi) is 3.38. The van der Waals surface area contributed by atoms with Crippen LogP contribution in [0, 0.1) is 0 Å². The van der Waals surface area contributed by atoms with Crippen LogP contribution in [-0.2, 0) is 16.1 Å². The van der Waals surface area contributed by atoms with Gasteiger partial charge in [-0.25, -0.2) is 8.78 Å². The second-order valence-electron chi connectivity index (χ2n) is 4.09. The van der Waals surface area contributed by atoms with Gasteiger partial charge in [-0.15, -0.1) is 0 Å². The van der Waals surface area contributed by atoms with E-state index in [2.05, 4.69) is 5.32 Å². The fourth-order valence-electron chi connectivity index (χ4n) is 1.71. The third-order valence-corrected chi connectivity index (χ3v) is 2.62. The van der Waals surface area contributed by atoms with Gasteiger partial charge in [0.25, 0.3) is 5.92 Å². The van der Waals surface area contributed by atoms with Gasteiger partial charge in [0.1, 0.15) is 12.6 Å². The van der Waals surface area contributed by atoms with E-state index in [1.165, 1.54) is 0 Å². The third kappa shape index (κ3) is 3.23. The summed E-state index contributed by atoms with van der Waals surface area (Å²) in [5, 5.41) is 2.46. The molecule has 0 spiro atoms. The van der Waals surface area contributed by atoms with E-state index in [0.717, 1.165) is 5.56 Å². The molecule has 1 aromatic carbocycles. The minimum absolute atomic E-state index is 0.115. The van der Waals surface area contributed by atoms with Crippen molar-refractivity contribution in [2.45, 2.75) is 25.0 Å². The zero-order valence-corrected chi connectivity index (χ0v) is 9.16. The van der Waals surface area contributed by atoms with Crippen LogP contribution in [0.25, 0.3) is 0 Å². The summed E-state index contributed by atoms with van der Waals surface area (Å²) < 4.78 is 30.7. The minimum Gasteiger partial charge on any atom is -0.460 e. The Morgan fingerprint density at radius 1 is 1.41 bits per heavy atom. The summed E-state index contributed by atoms with van der Waals surface area (Å²) in [4.78, 5) is 11.5. The molecule has 0 aliphatic carbocycles. The first-order valence-corrected chi connectivity index (χ1v) is 5.39. The molecule has 1 N–H and O–H groups in total. The van der Waals surface area contributed by atoms with Crippen LogP contribution < -0.4 is 5.32 Å². The van der Waals surface area contributed by atoms with E-state index in [1.54, 1.807) is 0 Å². The van der Waals surface area contributed by atoms with Crippen molar-refractivity contribution in [3.05, 3.63) is 35.9 Å². The van der Waals surface area contributed by atoms with Gasteiger partial charge in [0.2, 0.25) is 0 Å². The van der Waals surface area contributed by atoms with E-state index in [9.17, 15) is 13.6 Å². The lowest BCUT2D eigenvalue weighted by Crippen LogP contribution is -2.32. The Labute approximate surface area is 97.8 Å². The Bertz CT molecular complexity index is 395. The molecule has 1 unspecified atom stereocenters. The Morgan fingerprint density at radius 2 is 2.12 bits per heavy atom. The van der Waals surface area contributed by atoms with Gasteiger partial charge in [-0.05, 0) is 5.56 Å². The Morgan fingerprint density at radius 3 is 2.71 bits per heavy atom. The largest absolute Gasteiger partial charge is 0.460 e. The molecule has 0 saturated carbocycles. The average molecular weight is 241 g/mol. The van der Waals surface area contributed by atoms with Crippen molar-refractivity contribution >= 4 is 5.97 Å². The molecule has 17 heavy (non-hydrogen) atoms. The second-order valence-corrected chi connectivity index (χ2v) is 4.09. The van der Waals surface area contributed by atoms with Crippen LogP contribution in [0.15, 0.2) is 30.3 Å². The molecule has 1 aromatic rings. The molecule has 1 aliphatic rings. The zero-order chi connectivity index (χ0) is 12.3. The molecule has 0 bridgehead atoms. The summed E-state index contributed by atoms with van der Waals surface area (Å²) in [5.41, 5.74) is 0.839. The molecule has 5 heteroatoms. The number of hydrogen-bond donors (Lipinski definition) is 1. The van der Waals surface area contributed by atoms with Crippen molar-refractivity contribution < 1.29 is 18.3 Å². The van der Waals surface area contributed by atoms with Gasteiger partial charge >= 0.3 is 5.97 Å². The molecular weight excluding hydrogens is 228 g/mol. The number of nitrogens with one attached hydrogen (secondary N) is 1. The third-order valence-electron chi connectivity index (χ3n) is 2.62. The highest BCUT2D eigenvalue weighted by Crippen LogP contribution is 2.25. The van der Waals surface area contributed by atoms with Crippen molar-refractivity contribution in [2.24, 2.45) is 0 Å². The van der Waals surface area contributed by atoms with E-state index in [1.807, 2.05) is 30.3 Å². The monoisotopic (exact) mass is 241 g/mol. The Hall–Kier alpha value is -1.49. The number of halogens is 2. The van der Waals surface area contributed by atoms with Crippen LogP contribution in [-0.4, -0.2) is 24.5 Å². The van der Waals surface area contributed by atoms with Crippen molar-refractivity contribution in [3.63, 3.8) is 0 Å². The van der Waals surface area contributed by atoms with E-state index < -0.39 is 30.9 Å². The molecule has 0 aromatic heterocycles. The molecule has 1 atom stereocenters. The number of rotatable bonds is 3. The summed E-state index contributed by atoms with van der Waals surface area (Å²) in [6.07, 6.45) is -0.485. The highest BCUT2D eigenvalue weighted by Gasteiger charge is 2.43. The number of hydrogen-bond acceptors (Lipinski definition) is 3. The van der Waals surface area contributed by atoms with Crippen molar-refractivity contribution in [3.8, 4) is 0 Å². The summed E-state index contributed by atoms with van der Waals surface area (Å²) in [6, 6.07) is 8.22. The van der Waals surface area contributed by atoms with E-state index in [0.29, 0.717) is 0 Å². The molecule has 3 nitrogen and oxygen atoms in total. The van der Waals surface area contributed by atoms with Crippen molar-refractivity contribution in [1.29, 1.82) is 0 Å². The number of carbonyl (C=O) groups is 1. The fraction of sp³-hybridized carbons (Fsp3) is 0.417. The van der Waals surface area contributed by atoms with Crippen LogP contribution in [0.5, 0.6) is 0 Å². The minimum atomic E-state index is -2.81. The van der Waals surface area contributed by atoms with Gasteiger partial charge in [-0.2, -0.15) is 0 Å². The molecule has 1 aliphatic heterocycles. The molecule has 0 amide bonds. The predicted octanol–water partition coefficient (Wildman–Crippen LogP) is 1.73. The van der Waals surface area contributed by atoms with Crippen LogP contribution in [0.2, 0.25) is 0 Å². The predicted molar refractivity (Wildman–Crippen MR) is 57.6 cm³/mol. The second kappa shape index (κ2) is 4.79. The van der Waals surface area contributed by atoms with Crippen LogP contribution in [0.3, 0.4) is 0 Å².